The standard InChI is InChI=1S/C69H116O6/c1-4-7-10-13-16-19-22-25-27-29-31-33-34-36-37-39-41-44-47-50-53-56-59-62-68(71)74-65-66(64-73-67(70)61-58-55-52-49-46-43-24-21-18-15-12-9-6-3)75-69(72)63-60-57-54-51-48-45-42-40-38-35-32-30-28-26-23-20-17-14-11-8-5-2/h7,10,16,19,21,23-27,30-33,36-37,41,44,66H,4-6,8-9,11-15,17-18,20,22,28-29,34-35,38-40,42-43,45-65H2,1-3H3/b10-7-,19-16-,24-21-,26-23-,27-25-,32-30-,33-31-,37-36-,44-41-. The van der Waals surface area contributed by atoms with Crippen molar-refractivity contribution >= 4 is 17.9 Å². The molecule has 0 saturated carbocycles. The van der Waals surface area contributed by atoms with E-state index in [0.29, 0.717) is 19.3 Å². The number of hydrogen-bond acceptors (Lipinski definition) is 6. The van der Waals surface area contributed by atoms with Gasteiger partial charge in [-0.05, 0) is 128 Å². The molecule has 0 aromatic carbocycles. The van der Waals surface area contributed by atoms with Gasteiger partial charge in [0.2, 0.25) is 0 Å². The van der Waals surface area contributed by atoms with Crippen LogP contribution in [0.25, 0.3) is 0 Å². The highest BCUT2D eigenvalue weighted by Gasteiger charge is 2.19. The highest BCUT2D eigenvalue weighted by molar-refractivity contribution is 5.71. The van der Waals surface area contributed by atoms with Crippen molar-refractivity contribution in [2.75, 3.05) is 13.2 Å². The first kappa shape index (κ1) is 71.1. The Balaban J connectivity index is 4.42. The van der Waals surface area contributed by atoms with Gasteiger partial charge < -0.3 is 14.2 Å². The second-order valence-corrected chi connectivity index (χ2v) is 20.6. The molecular weight excluding hydrogens is 925 g/mol. The lowest BCUT2D eigenvalue weighted by atomic mass is 10.1. The van der Waals surface area contributed by atoms with Gasteiger partial charge in [-0.15, -0.1) is 0 Å². The molecule has 75 heavy (non-hydrogen) atoms. The van der Waals surface area contributed by atoms with Gasteiger partial charge in [-0.25, -0.2) is 0 Å². The number of allylic oxidation sites excluding steroid dienone is 18. The summed E-state index contributed by atoms with van der Waals surface area (Å²) in [6.07, 6.45) is 85.1. The molecule has 0 aromatic rings. The normalized spacial score (nSPS) is 12.8. The fourth-order valence-electron chi connectivity index (χ4n) is 8.53. The molecule has 0 aliphatic heterocycles. The molecule has 0 aliphatic rings. The summed E-state index contributed by atoms with van der Waals surface area (Å²) in [4.78, 5) is 38.3. The molecule has 0 fully saturated rings. The highest BCUT2D eigenvalue weighted by Crippen LogP contribution is 2.15. The number of esters is 3. The van der Waals surface area contributed by atoms with Crippen molar-refractivity contribution in [3.05, 3.63) is 109 Å². The molecule has 428 valence electrons. The maximum Gasteiger partial charge on any atom is 0.306 e. The average molecular weight is 1040 g/mol. The summed E-state index contributed by atoms with van der Waals surface area (Å²) in [6, 6.07) is 0. The topological polar surface area (TPSA) is 78.9 Å². The molecule has 0 radical (unpaired) electrons. The van der Waals surface area contributed by atoms with Crippen LogP contribution in [0.4, 0.5) is 0 Å². The number of unbranched alkanes of at least 4 members (excludes halogenated alkanes) is 27. The molecule has 0 amide bonds. The van der Waals surface area contributed by atoms with Crippen LogP contribution in [0.5, 0.6) is 0 Å². The summed E-state index contributed by atoms with van der Waals surface area (Å²) >= 11 is 0. The van der Waals surface area contributed by atoms with Gasteiger partial charge in [-0.1, -0.05) is 252 Å². The molecule has 1 atom stereocenters. The van der Waals surface area contributed by atoms with E-state index in [-0.39, 0.29) is 31.1 Å². The van der Waals surface area contributed by atoms with Crippen molar-refractivity contribution in [1.29, 1.82) is 0 Å². The molecule has 0 saturated heterocycles. The molecule has 0 aromatic heterocycles. The predicted octanol–water partition coefficient (Wildman–Crippen LogP) is 21.4. The summed E-state index contributed by atoms with van der Waals surface area (Å²) in [5, 5.41) is 0. The fourth-order valence-corrected chi connectivity index (χ4v) is 8.53. The lowest BCUT2D eigenvalue weighted by Gasteiger charge is -2.18. The Kier molecular flexibility index (Phi) is 59.3. The third-order valence-corrected chi connectivity index (χ3v) is 13.2. The predicted molar refractivity (Wildman–Crippen MR) is 325 cm³/mol. The zero-order chi connectivity index (χ0) is 54.3. The molecule has 6 nitrogen and oxygen atoms in total. The van der Waals surface area contributed by atoms with E-state index in [1.54, 1.807) is 0 Å². The van der Waals surface area contributed by atoms with E-state index >= 15 is 0 Å². The van der Waals surface area contributed by atoms with E-state index in [2.05, 4.69) is 130 Å². The number of rotatable bonds is 56. The third-order valence-electron chi connectivity index (χ3n) is 13.2. The van der Waals surface area contributed by atoms with Crippen molar-refractivity contribution in [2.24, 2.45) is 0 Å². The van der Waals surface area contributed by atoms with E-state index in [9.17, 15) is 14.4 Å². The Morgan fingerprint density at radius 1 is 0.280 bits per heavy atom. The Hall–Kier alpha value is -3.93. The number of carbonyl (C=O) groups is 3. The summed E-state index contributed by atoms with van der Waals surface area (Å²) in [5.74, 6) is -0.926. The Morgan fingerprint density at radius 2 is 0.520 bits per heavy atom. The van der Waals surface area contributed by atoms with Crippen LogP contribution in [0.15, 0.2) is 109 Å². The number of ether oxygens (including phenoxy) is 3. The van der Waals surface area contributed by atoms with Gasteiger partial charge >= 0.3 is 17.9 Å². The number of carbonyl (C=O) groups excluding carboxylic acids is 3. The monoisotopic (exact) mass is 1040 g/mol. The first-order valence-corrected chi connectivity index (χ1v) is 31.4. The van der Waals surface area contributed by atoms with Gasteiger partial charge in [0.1, 0.15) is 13.2 Å². The maximum atomic E-state index is 12.9. The van der Waals surface area contributed by atoms with Gasteiger partial charge in [0.05, 0.1) is 0 Å². The molecule has 0 N–H and O–H groups in total. The van der Waals surface area contributed by atoms with Gasteiger partial charge in [0.15, 0.2) is 6.10 Å². The molecule has 0 heterocycles. The van der Waals surface area contributed by atoms with Crippen molar-refractivity contribution in [2.45, 2.75) is 297 Å². The van der Waals surface area contributed by atoms with Gasteiger partial charge in [-0.2, -0.15) is 0 Å². The molecule has 0 aliphatic carbocycles. The van der Waals surface area contributed by atoms with E-state index < -0.39 is 6.10 Å². The molecule has 0 bridgehead atoms. The SMILES string of the molecule is CC/C=C\C/C=C\C/C=C\C/C=C\C/C=C\C/C=C\CCCCCCC(=O)OCC(COC(=O)CCCCCCC/C=C\CCCCCC)OC(=O)CCCCCCCCCCC/C=C\C/C=C\CCCCCCC. The molecular formula is C69H116O6. The van der Waals surface area contributed by atoms with Crippen LogP contribution in [-0.2, 0) is 28.6 Å². The van der Waals surface area contributed by atoms with Crippen molar-refractivity contribution in [3.63, 3.8) is 0 Å². The van der Waals surface area contributed by atoms with Gasteiger partial charge in [0.25, 0.3) is 0 Å². The minimum atomic E-state index is -0.797. The first-order valence-electron chi connectivity index (χ1n) is 31.4. The van der Waals surface area contributed by atoms with Crippen LogP contribution in [0.3, 0.4) is 0 Å². The van der Waals surface area contributed by atoms with Crippen LogP contribution < -0.4 is 0 Å². The average Bonchev–Trinajstić information content (AvgIpc) is 3.41. The molecule has 1 unspecified atom stereocenters. The van der Waals surface area contributed by atoms with E-state index in [1.807, 2.05) is 0 Å². The van der Waals surface area contributed by atoms with Crippen LogP contribution >= 0.6 is 0 Å². The molecule has 0 spiro atoms. The molecule has 6 heteroatoms. The summed E-state index contributed by atoms with van der Waals surface area (Å²) in [6.45, 7) is 6.48. The fraction of sp³-hybridized carbons (Fsp3) is 0.696. The third kappa shape index (κ3) is 60.8. The Bertz CT molecular complexity index is 1520. The lowest BCUT2D eigenvalue weighted by Crippen LogP contribution is -2.30. The zero-order valence-electron chi connectivity index (χ0n) is 49.0. The van der Waals surface area contributed by atoms with Gasteiger partial charge in [-0.3, -0.25) is 14.4 Å². The van der Waals surface area contributed by atoms with Gasteiger partial charge in [0, 0.05) is 19.3 Å². The number of hydrogen-bond donors (Lipinski definition) is 0. The largest absolute Gasteiger partial charge is 0.462 e. The second kappa shape index (κ2) is 62.6. The minimum Gasteiger partial charge on any atom is -0.462 e. The van der Waals surface area contributed by atoms with Crippen molar-refractivity contribution < 1.29 is 28.6 Å². The van der Waals surface area contributed by atoms with Crippen LogP contribution in [-0.4, -0.2) is 37.2 Å². The summed E-state index contributed by atoms with van der Waals surface area (Å²) in [5.41, 5.74) is 0. The zero-order valence-corrected chi connectivity index (χ0v) is 49.0. The summed E-state index contributed by atoms with van der Waals surface area (Å²) in [7, 11) is 0. The lowest BCUT2D eigenvalue weighted by molar-refractivity contribution is -0.167. The summed E-state index contributed by atoms with van der Waals surface area (Å²) < 4.78 is 16.9. The molecule has 0 rings (SSSR count). The van der Waals surface area contributed by atoms with Crippen LogP contribution in [0, 0.1) is 0 Å². The van der Waals surface area contributed by atoms with Crippen LogP contribution in [0.2, 0.25) is 0 Å². The highest BCUT2D eigenvalue weighted by atomic mass is 16.6. The van der Waals surface area contributed by atoms with Crippen molar-refractivity contribution in [3.8, 4) is 0 Å². The first-order chi connectivity index (χ1) is 37.0. The Labute approximate surface area is 463 Å². The van der Waals surface area contributed by atoms with Crippen molar-refractivity contribution in [1.82, 2.24) is 0 Å². The minimum absolute atomic E-state index is 0.0931. The van der Waals surface area contributed by atoms with E-state index in [4.69, 9.17) is 14.2 Å². The maximum absolute atomic E-state index is 12.9. The van der Waals surface area contributed by atoms with E-state index in [1.165, 1.54) is 128 Å². The Morgan fingerprint density at radius 3 is 0.840 bits per heavy atom. The second-order valence-electron chi connectivity index (χ2n) is 20.6. The quantitative estimate of drug-likeness (QED) is 0.0261. The smallest absolute Gasteiger partial charge is 0.306 e. The van der Waals surface area contributed by atoms with Crippen LogP contribution in [0.1, 0.15) is 290 Å². The van der Waals surface area contributed by atoms with E-state index in [0.717, 1.165) is 122 Å².